The number of hydrogen-bond donors (Lipinski definition) is 2. The topological polar surface area (TPSA) is 58.4 Å². The van der Waals surface area contributed by atoms with Gasteiger partial charge in [-0.25, -0.2) is 0 Å². The minimum absolute atomic E-state index is 0.128. The van der Waals surface area contributed by atoms with E-state index in [1.807, 2.05) is 31.1 Å². The highest BCUT2D eigenvalue weighted by Crippen LogP contribution is 2.30. The number of rotatable bonds is 4. The summed E-state index contributed by atoms with van der Waals surface area (Å²) in [6.07, 6.45) is 3.73. The van der Waals surface area contributed by atoms with E-state index in [0.29, 0.717) is 6.42 Å². The number of nitrogens with one attached hydrogen (secondary N) is 1. The highest BCUT2D eigenvalue weighted by Gasteiger charge is 2.21. The van der Waals surface area contributed by atoms with E-state index in [1.54, 1.807) is 0 Å². The predicted octanol–water partition coefficient (Wildman–Crippen LogP) is 1.71. The minimum Gasteiger partial charge on any atom is -0.399 e. The Bertz CT molecular complexity index is 457. The van der Waals surface area contributed by atoms with E-state index in [2.05, 4.69) is 11.4 Å². The van der Waals surface area contributed by atoms with Gasteiger partial charge in [0.15, 0.2) is 0 Å². The second kappa shape index (κ2) is 6.06. The fourth-order valence-electron chi connectivity index (χ4n) is 2.58. The van der Waals surface area contributed by atoms with Crippen molar-refractivity contribution in [3.8, 4) is 0 Å². The van der Waals surface area contributed by atoms with Crippen LogP contribution in [0.4, 0.5) is 5.69 Å². The van der Waals surface area contributed by atoms with Crippen LogP contribution in [0.1, 0.15) is 36.4 Å². The van der Waals surface area contributed by atoms with Crippen molar-refractivity contribution in [3.05, 3.63) is 29.3 Å². The van der Waals surface area contributed by atoms with Crippen LogP contribution in [0.5, 0.6) is 0 Å². The third kappa shape index (κ3) is 3.70. The highest BCUT2D eigenvalue weighted by molar-refractivity contribution is 5.76. The third-order valence-corrected chi connectivity index (χ3v) is 3.60. The summed E-state index contributed by atoms with van der Waals surface area (Å²) in [7, 11) is 3.96. The maximum absolute atomic E-state index is 11.9. The Balaban J connectivity index is 2.01. The summed E-state index contributed by atoms with van der Waals surface area (Å²) in [5, 5.41) is 3.14. The Kier molecular flexibility index (Phi) is 4.43. The Morgan fingerprint density at radius 2 is 2.26 bits per heavy atom. The summed E-state index contributed by atoms with van der Waals surface area (Å²) in [6.45, 7) is 0.785. The van der Waals surface area contributed by atoms with E-state index >= 15 is 0 Å². The van der Waals surface area contributed by atoms with Gasteiger partial charge in [0.25, 0.3) is 0 Å². The van der Waals surface area contributed by atoms with Gasteiger partial charge in [0.05, 0.1) is 6.04 Å². The van der Waals surface area contributed by atoms with Gasteiger partial charge < -0.3 is 16.0 Å². The number of nitrogen functional groups attached to an aromatic ring is 1. The molecule has 1 amide bonds. The number of nitrogens with zero attached hydrogens (tertiary/aromatic N) is 1. The van der Waals surface area contributed by atoms with Gasteiger partial charge in [-0.05, 0) is 56.6 Å². The van der Waals surface area contributed by atoms with Crippen LogP contribution in [0.2, 0.25) is 0 Å². The molecule has 1 unspecified atom stereocenters. The molecule has 2 rings (SSSR count). The first-order valence-electron chi connectivity index (χ1n) is 6.88. The summed E-state index contributed by atoms with van der Waals surface area (Å²) in [6, 6.07) is 6.16. The Labute approximate surface area is 115 Å². The van der Waals surface area contributed by atoms with Crippen molar-refractivity contribution in [2.75, 3.05) is 26.4 Å². The first kappa shape index (κ1) is 13.9. The summed E-state index contributed by atoms with van der Waals surface area (Å²) in [5.74, 6) is 0.128. The number of anilines is 1. The van der Waals surface area contributed by atoms with Crippen LogP contribution in [0.15, 0.2) is 18.2 Å². The van der Waals surface area contributed by atoms with Crippen LogP contribution in [-0.4, -0.2) is 31.4 Å². The summed E-state index contributed by atoms with van der Waals surface area (Å²) in [4.78, 5) is 14.0. The zero-order valence-electron chi connectivity index (χ0n) is 11.8. The van der Waals surface area contributed by atoms with Crippen LogP contribution in [0.3, 0.4) is 0 Å². The van der Waals surface area contributed by atoms with Gasteiger partial charge in [0.2, 0.25) is 5.91 Å². The highest BCUT2D eigenvalue weighted by atomic mass is 16.1. The molecule has 0 saturated carbocycles. The van der Waals surface area contributed by atoms with Gasteiger partial charge in [-0.15, -0.1) is 0 Å². The zero-order valence-corrected chi connectivity index (χ0v) is 11.8. The third-order valence-electron chi connectivity index (χ3n) is 3.60. The fourth-order valence-corrected chi connectivity index (χ4v) is 2.58. The summed E-state index contributed by atoms with van der Waals surface area (Å²) in [5.41, 5.74) is 9.14. The standard InChI is InChI=1S/C15H23N3O/c1-18(2)9-8-15(19)17-14-5-3-4-11-10-12(16)6-7-13(11)14/h6-7,10,14H,3-5,8-9,16H2,1-2H3,(H,17,19). The molecule has 0 heterocycles. The molecule has 0 saturated heterocycles. The number of carbonyl (C=O) groups excluding carboxylic acids is 1. The smallest absolute Gasteiger partial charge is 0.221 e. The second-order valence-corrected chi connectivity index (χ2v) is 5.52. The molecule has 1 aliphatic rings. The number of aryl methyl sites for hydroxylation is 1. The van der Waals surface area contributed by atoms with E-state index in [1.165, 1.54) is 11.1 Å². The number of hydrogen-bond acceptors (Lipinski definition) is 3. The van der Waals surface area contributed by atoms with E-state index in [4.69, 9.17) is 5.73 Å². The summed E-state index contributed by atoms with van der Waals surface area (Å²) < 4.78 is 0. The van der Waals surface area contributed by atoms with Crippen molar-refractivity contribution in [1.82, 2.24) is 10.2 Å². The lowest BCUT2D eigenvalue weighted by Crippen LogP contribution is -2.32. The normalized spacial score (nSPS) is 18.2. The lowest BCUT2D eigenvalue weighted by molar-refractivity contribution is -0.122. The first-order chi connectivity index (χ1) is 9.06. The molecule has 1 aliphatic carbocycles. The van der Waals surface area contributed by atoms with Crippen molar-refractivity contribution in [2.45, 2.75) is 31.7 Å². The average Bonchev–Trinajstić information content (AvgIpc) is 2.36. The van der Waals surface area contributed by atoms with E-state index < -0.39 is 0 Å². The second-order valence-electron chi connectivity index (χ2n) is 5.52. The molecule has 4 nitrogen and oxygen atoms in total. The van der Waals surface area contributed by atoms with E-state index in [-0.39, 0.29) is 11.9 Å². The van der Waals surface area contributed by atoms with Gasteiger partial charge in [-0.2, -0.15) is 0 Å². The molecule has 3 N–H and O–H groups in total. The lowest BCUT2D eigenvalue weighted by Gasteiger charge is -2.27. The molecule has 1 aromatic carbocycles. The molecular formula is C15H23N3O. The maximum Gasteiger partial charge on any atom is 0.221 e. The van der Waals surface area contributed by atoms with E-state index in [9.17, 15) is 4.79 Å². The van der Waals surface area contributed by atoms with Gasteiger partial charge in [-0.1, -0.05) is 6.07 Å². The number of amides is 1. The van der Waals surface area contributed by atoms with E-state index in [0.717, 1.165) is 31.5 Å². The molecule has 0 aliphatic heterocycles. The Morgan fingerprint density at radius 1 is 1.47 bits per heavy atom. The lowest BCUT2D eigenvalue weighted by atomic mass is 9.87. The maximum atomic E-state index is 11.9. The molecule has 1 aromatic rings. The van der Waals surface area contributed by atoms with Gasteiger partial charge in [0, 0.05) is 18.7 Å². The molecule has 19 heavy (non-hydrogen) atoms. The molecule has 4 heteroatoms. The molecule has 0 spiro atoms. The number of benzene rings is 1. The number of carbonyl (C=O) groups is 1. The Hall–Kier alpha value is -1.55. The molecular weight excluding hydrogens is 238 g/mol. The SMILES string of the molecule is CN(C)CCC(=O)NC1CCCc2cc(N)ccc21. The van der Waals surface area contributed by atoms with Crippen LogP contribution in [0, 0.1) is 0 Å². The van der Waals surface area contributed by atoms with Crippen LogP contribution < -0.4 is 11.1 Å². The number of nitrogens with two attached hydrogens (primary N) is 1. The van der Waals surface area contributed by atoms with Crippen LogP contribution >= 0.6 is 0 Å². The van der Waals surface area contributed by atoms with Crippen LogP contribution in [0.25, 0.3) is 0 Å². The van der Waals surface area contributed by atoms with Crippen molar-refractivity contribution in [2.24, 2.45) is 0 Å². The number of fused-ring (bicyclic) bond motifs is 1. The van der Waals surface area contributed by atoms with Crippen molar-refractivity contribution in [3.63, 3.8) is 0 Å². The average molecular weight is 261 g/mol. The van der Waals surface area contributed by atoms with Crippen molar-refractivity contribution >= 4 is 11.6 Å². The van der Waals surface area contributed by atoms with Crippen molar-refractivity contribution in [1.29, 1.82) is 0 Å². The summed E-state index contributed by atoms with van der Waals surface area (Å²) >= 11 is 0. The van der Waals surface area contributed by atoms with Crippen molar-refractivity contribution < 1.29 is 4.79 Å². The zero-order chi connectivity index (χ0) is 13.8. The monoisotopic (exact) mass is 261 g/mol. The minimum atomic E-state index is 0.128. The van der Waals surface area contributed by atoms with Crippen LogP contribution in [-0.2, 0) is 11.2 Å². The molecule has 0 radical (unpaired) electrons. The molecule has 104 valence electrons. The van der Waals surface area contributed by atoms with Gasteiger partial charge in [-0.3, -0.25) is 4.79 Å². The fraction of sp³-hybridized carbons (Fsp3) is 0.533. The molecule has 0 bridgehead atoms. The molecule has 0 aromatic heterocycles. The molecule has 1 atom stereocenters. The largest absolute Gasteiger partial charge is 0.399 e. The first-order valence-corrected chi connectivity index (χ1v) is 6.88. The molecule has 0 fully saturated rings. The van der Waals surface area contributed by atoms with Gasteiger partial charge >= 0.3 is 0 Å². The quantitative estimate of drug-likeness (QED) is 0.811. The van der Waals surface area contributed by atoms with Gasteiger partial charge in [0.1, 0.15) is 0 Å². The predicted molar refractivity (Wildman–Crippen MR) is 77.8 cm³/mol. The Morgan fingerprint density at radius 3 is 3.00 bits per heavy atom.